The fraction of sp³-hybridized carbons (Fsp3) is 0.857. The third kappa shape index (κ3) is 38.1. The molecule has 0 aromatic heterocycles. The van der Waals surface area contributed by atoms with Crippen molar-refractivity contribution in [1.29, 1.82) is 0 Å². The normalized spacial score (nSPS) is 10.7. The summed E-state index contributed by atoms with van der Waals surface area (Å²) in [7, 11) is -4.67. The molecule has 0 unspecified atom stereocenters. The third-order valence-corrected chi connectivity index (χ3v) is 2.76. The summed E-state index contributed by atoms with van der Waals surface area (Å²) >= 11 is 0. The molecule has 5 heteroatoms. The SMILES string of the molecule is C=CCCCCCCCCCCCC.O=S(=O)(O)O. The molecule has 0 bridgehead atoms. The van der Waals surface area contributed by atoms with Gasteiger partial charge in [0.1, 0.15) is 0 Å². The second-order valence-electron chi connectivity index (χ2n) is 4.71. The van der Waals surface area contributed by atoms with Gasteiger partial charge in [-0.3, -0.25) is 9.11 Å². The maximum atomic E-state index is 8.74. The zero-order valence-electron chi connectivity index (χ0n) is 12.2. The first-order valence-corrected chi connectivity index (χ1v) is 8.62. The Bertz CT molecular complexity index is 265. The minimum atomic E-state index is -4.67. The lowest BCUT2D eigenvalue weighted by atomic mass is 10.1. The van der Waals surface area contributed by atoms with Crippen molar-refractivity contribution in [1.82, 2.24) is 0 Å². The molecule has 0 aromatic carbocycles. The fourth-order valence-electron chi connectivity index (χ4n) is 1.78. The molecule has 0 saturated heterocycles. The topological polar surface area (TPSA) is 74.6 Å². The van der Waals surface area contributed by atoms with Gasteiger partial charge in [-0.15, -0.1) is 6.58 Å². The first-order valence-electron chi connectivity index (χ1n) is 7.22. The first-order chi connectivity index (χ1) is 8.91. The van der Waals surface area contributed by atoms with Gasteiger partial charge in [-0.1, -0.05) is 70.8 Å². The Morgan fingerprint density at radius 2 is 1.16 bits per heavy atom. The van der Waals surface area contributed by atoms with Crippen LogP contribution in [-0.4, -0.2) is 17.5 Å². The highest BCUT2D eigenvalue weighted by atomic mass is 32.3. The summed E-state index contributed by atoms with van der Waals surface area (Å²) in [6.07, 6.45) is 17.5. The van der Waals surface area contributed by atoms with Crippen LogP contribution in [0.15, 0.2) is 12.7 Å². The number of rotatable bonds is 11. The van der Waals surface area contributed by atoms with E-state index in [0.29, 0.717) is 0 Å². The zero-order chi connectivity index (χ0) is 15.0. The van der Waals surface area contributed by atoms with Gasteiger partial charge in [-0.2, -0.15) is 8.42 Å². The average molecular weight is 294 g/mol. The van der Waals surface area contributed by atoms with Gasteiger partial charge < -0.3 is 0 Å². The molecule has 19 heavy (non-hydrogen) atoms. The van der Waals surface area contributed by atoms with Crippen molar-refractivity contribution in [2.75, 3.05) is 0 Å². The van der Waals surface area contributed by atoms with Gasteiger partial charge in [-0.25, -0.2) is 0 Å². The highest BCUT2D eigenvalue weighted by Crippen LogP contribution is 2.11. The van der Waals surface area contributed by atoms with E-state index in [2.05, 4.69) is 13.5 Å². The van der Waals surface area contributed by atoms with Crippen LogP contribution in [0.4, 0.5) is 0 Å². The first kappa shape index (κ1) is 20.9. The molecule has 2 N–H and O–H groups in total. The summed E-state index contributed by atoms with van der Waals surface area (Å²) < 4.78 is 31.6. The number of hydrogen-bond acceptors (Lipinski definition) is 2. The standard InChI is InChI=1S/C14H28.H2O4S/c1-3-5-7-9-11-13-14-12-10-8-6-4-2;1-5(2,3)4/h3H,1,4-14H2,2H3;(H2,1,2,3,4). The lowest BCUT2D eigenvalue weighted by Crippen LogP contribution is -1.89. The van der Waals surface area contributed by atoms with E-state index in [1.807, 2.05) is 6.08 Å². The molecule has 0 aliphatic rings. The molecule has 0 saturated carbocycles. The largest absolute Gasteiger partial charge is 0.394 e. The molecule has 116 valence electrons. The van der Waals surface area contributed by atoms with Gasteiger partial charge in [0.05, 0.1) is 0 Å². The van der Waals surface area contributed by atoms with E-state index in [1.54, 1.807) is 0 Å². The van der Waals surface area contributed by atoms with Crippen molar-refractivity contribution in [2.24, 2.45) is 0 Å². The molecule has 0 radical (unpaired) electrons. The minimum absolute atomic E-state index is 1.20. The van der Waals surface area contributed by atoms with Crippen LogP contribution < -0.4 is 0 Å². The highest BCUT2D eigenvalue weighted by Gasteiger charge is 1.91. The Morgan fingerprint density at radius 3 is 1.47 bits per heavy atom. The van der Waals surface area contributed by atoms with Crippen LogP contribution in [0.25, 0.3) is 0 Å². The van der Waals surface area contributed by atoms with E-state index < -0.39 is 10.4 Å². The maximum absolute atomic E-state index is 8.74. The summed E-state index contributed by atoms with van der Waals surface area (Å²) in [6.45, 7) is 6.01. The quantitative estimate of drug-likeness (QED) is 0.325. The Kier molecular flexibility index (Phi) is 17.2. The molecule has 0 aliphatic carbocycles. The molecule has 0 atom stereocenters. The maximum Gasteiger partial charge on any atom is 0.394 e. The van der Waals surface area contributed by atoms with Crippen LogP contribution in [0, 0.1) is 0 Å². The average Bonchev–Trinajstić information content (AvgIpc) is 2.29. The van der Waals surface area contributed by atoms with Crippen molar-refractivity contribution < 1.29 is 17.5 Å². The zero-order valence-corrected chi connectivity index (χ0v) is 13.0. The van der Waals surface area contributed by atoms with Gasteiger partial charge >= 0.3 is 10.4 Å². The molecular weight excluding hydrogens is 264 g/mol. The highest BCUT2D eigenvalue weighted by molar-refractivity contribution is 7.79. The Balaban J connectivity index is 0. The molecule has 0 aromatic rings. The van der Waals surface area contributed by atoms with E-state index in [0.717, 1.165) is 0 Å². The smallest absolute Gasteiger partial charge is 0.264 e. The fourth-order valence-corrected chi connectivity index (χ4v) is 1.78. The molecule has 0 rings (SSSR count). The van der Waals surface area contributed by atoms with Crippen LogP contribution >= 0.6 is 0 Å². The van der Waals surface area contributed by atoms with Crippen LogP contribution in [0.2, 0.25) is 0 Å². The molecule has 0 fully saturated rings. The van der Waals surface area contributed by atoms with Gasteiger partial charge in [0.2, 0.25) is 0 Å². The minimum Gasteiger partial charge on any atom is -0.264 e. The van der Waals surface area contributed by atoms with Crippen molar-refractivity contribution >= 4 is 10.4 Å². The van der Waals surface area contributed by atoms with Crippen molar-refractivity contribution in [3.05, 3.63) is 12.7 Å². The van der Waals surface area contributed by atoms with Crippen molar-refractivity contribution in [3.8, 4) is 0 Å². The molecule has 0 amide bonds. The molecule has 4 nitrogen and oxygen atoms in total. The monoisotopic (exact) mass is 294 g/mol. The number of hydrogen-bond donors (Lipinski definition) is 2. The summed E-state index contributed by atoms with van der Waals surface area (Å²) in [5.41, 5.74) is 0. The van der Waals surface area contributed by atoms with Crippen molar-refractivity contribution in [3.63, 3.8) is 0 Å². The van der Waals surface area contributed by atoms with E-state index in [9.17, 15) is 0 Å². The second kappa shape index (κ2) is 15.7. The lowest BCUT2D eigenvalue weighted by molar-refractivity contribution is 0.381. The van der Waals surface area contributed by atoms with E-state index in [1.165, 1.54) is 70.6 Å². The summed E-state index contributed by atoms with van der Waals surface area (Å²) in [5.74, 6) is 0. The predicted molar refractivity (Wildman–Crippen MR) is 80.8 cm³/mol. The molecule has 0 heterocycles. The number of unbranched alkanes of at least 4 members (excludes halogenated alkanes) is 10. The van der Waals surface area contributed by atoms with Gasteiger partial charge in [0.25, 0.3) is 0 Å². The Hall–Kier alpha value is -0.390. The summed E-state index contributed by atoms with van der Waals surface area (Å²) in [6, 6.07) is 0. The van der Waals surface area contributed by atoms with Gasteiger partial charge in [0.15, 0.2) is 0 Å². The van der Waals surface area contributed by atoms with Crippen LogP contribution in [-0.2, 0) is 10.4 Å². The van der Waals surface area contributed by atoms with E-state index in [4.69, 9.17) is 17.5 Å². The molecular formula is C14H30O4S. The van der Waals surface area contributed by atoms with Gasteiger partial charge in [-0.05, 0) is 12.8 Å². The Labute approximate surface area is 118 Å². The van der Waals surface area contributed by atoms with Crippen LogP contribution in [0.5, 0.6) is 0 Å². The van der Waals surface area contributed by atoms with Crippen molar-refractivity contribution in [2.45, 2.75) is 77.6 Å². The summed E-state index contributed by atoms with van der Waals surface area (Å²) in [5, 5.41) is 0. The molecule has 0 aliphatic heterocycles. The van der Waals surface area contributed by atoms with E-state index >= 15 is 0 Å². The predicted octanol–water partition coefficient (Wildman–Crippen LogP) is 4.83. The summed E-state index contributed by atoms with van der Waals surface area (Å²) in [4.78, 5) is 0. The number of allylic oxidation sites excluding steroid dienone is 1. The van der Waals surface area contributed by atoms with E-state index in [-0.39, 0.29) is 0 Å². The van der Waals surface area contributed by atoms with Gasteiger partial charge in [0, 0.05) is 0 Å². The van der Waals surface area contributed by atoms with Crippen LogP contribution in [0.1, 0.15) is 77.6 Å². The van der Waals surface area contributed by atoms with Crippen LogP contribution in [0.3, 0.4) is 0 Å². The Morgan fingerprint density at radius 1 is 0.842 bits per heavy atom. The second-order valence-corrected chi connectivity index (χ2v) is 5.60. The lowest BCUT2D eigenvalue weighted by Gasteiger charge is -2.00. The third-order valence-electron chi connectivity index (χ3n) is 2.76. The molecule has 0 spiro atoms.